The summed E-state index contributed by atoms with van der Waals surface area (Å²) in [7, 11) is 0. The van der Waals surface area contributed by atoms with Gasteiger partial charge in [0.2, 0.25) is 0 Å². The predicted molar refractivity (Wildman–Crippen MR) is 71.0 cm³/mol. The second-order valence-corrected chi connectivity index (χ2v) is 3.80. The van der Waals surface area contributed by atoms with E-state index in [0.29, 0.717) is 16.8 Å². The number of para-hydroxylation sites is 1. The molecule has 0 atom stereocenters. The molecule has 96 valence electrons. The fraction of sp³-hybridized carbons (Fsp3) is 0. The first kappa shape index (κ1) is 12.6. The molecule has 0 saturated carbocycles. The zero-order chi connectivity index (χ0) is 13.8. The van der Waals surface area contributed by atoms with E-state index in [1.165, 1.54) is 30.3 Å². The Morgan fingerprint density at radius 1 is 1.16 bits per heavy atom. The summed E-state index contributed by atoms with van der Waals surface area (Å²) in [6, 6.07) is 12.4. The maximum absolute atomic E-state index is 10.6. The highest BCUT2D eigenvalue weighted by molar-refractivity contribution is 6.14. The SMILES string of the molecule is N/N=C(/c1ccc([N+](=O)[O-])cc1)c1ccccc1O. The molecule has 2 rings (SSSR count). The molecule has 2 aromatic carbocycles. The van der Waals surface area contributed by atoms with Crippen molar-refractivity contribution >= 4 is 11.4 Å². The summed E-state index contributed by atoms with van der Waals surface area (Å²) in [5.41, 5.74) is 1.42. The molecule has 0 radical (unpaired) electrons. The van der Waals surface area contributed by atoms with Gasteiger partial charge in [0.25, 0.3) is 5.69 Å². The van der Waals surface area contributed by atoms with Crippen molar-refractivity contribution in [3.8, 4) is 5.75 Å². The highest BCUT2D eigenvalue weighted by atomic mass is 16.6. The first-order valence-corrected chi connectivity index (χ1v) is 5.44. The van der Waals surface area contributed by atoms with Crippen molar-refractivity contribution in [2.45, 2.75) is 0 Å². The third kappa shape index (κ3) is 2.52. The highest BCUT2D eigenvalue weighted by Crippen LogP contribution is 2.21. The number of nitrogens with zero attached hydrogens (tertiary/aromatic N) is 2. The van der Waals surface area contributed by atoms with Crippen LogP contribution in [0.25, 0.3) is 0 Å². The molecule has 2 aromatic rings. The fourth-order valence-corrected chi connectivity index (χ4v) is 1.71. The molecular formula is C13H11N3O3. The van der Waals surface area contributed by atoms with Gasteiger partial charge in [-0.25, -0.2) is 0 Å². The summed E-state index contributed by atoms with van der Waals surface area (Å²) in [6.07, 6.45) is 0. The molecule has 0 aliphatic heterocycles. The van der Waals surface area contributed by atoms with Crippen LogP contribution in [0.3, 0.4) is 0 Å². The number of hydrazone groups is 1. The third-order valence-electron chi connectivity index (χ3n) is 2.64. The average Bonchev–Trinajstić information content (AvgIpc) is 2.42. The van der Waals surface area contributed by atoms with Gasteiger partial charge in [-0.15, -0.1) is 0 Å². The van der Waals surface area contributed by atoms with Gasteiger partial charge in [-0.1, -0.05) is 12.1 Å². The monoisotopic (exact) mass is 257 g/mol. The van der Waals surface area contributed by atoms with E-state index in [9.17, 15) is 15.2 Å². The lowest BCUT2D eigenvalue weighted by molar-refractivity contribution is -0.384. The highest BCUT2D eigenvalue weighted by Gasteiger charge is 2.12. The van der Waals surface area contributed by atoms with E-state index in [1.807, 2.05) is 0 Å². The van der Waals surface area contributed by atoms with E-state index in [0.717, 1.165) is 0 Å². The van der Waals surface area contributed by atoms with Crippen LogP contribution in [0.2, 0.25) is 0 Å². The van der Waals surface area contributed by atoms with Crippen LogP contribution in [0.4, 0.5) is 5.69 Å². The standard InChI is InChI=1S/C13H11N3O3/c14-15-13(11-3-1-2-4-12(11)17)9-5-7-10(8-6-9)16(18)19/h1-8,17H,14H2/b15-13-. The Morgan fingerprint density at radius 3 is 2.32 bits per heavy atom. The number of nitro benzene ring substituents is 1. The molecule has 19 heavy (non-hydrogen) atoms. The molecule has 0 unspecified atom stereocenters. The Kier molecular flexibility index (Phi) is 3.42. The predicted octanol–water partition coefficient (Wildman–Crippen LogP) is 2.01. The number of phenolic OH excluding ortho intramolecular Hbond substituents is 1. The van der Waals surface area contributed by atoms with Gasteiger partial charge in [-0.3, -0.25) is 10.1 Å². The number of hydrogen-bond donors (Lipinski definition) is 2. The summed E-state index contributed by atoms with van der Waals surface area (Å²) in [4.78, 5) is 10.1. The second kappa shape index (κ2) is 5.18. The van der Waals surface area contributed by atoms with Gasteiger partial charge in [0.1, 0.15) is 11.5 Å². The molecule has 0 aliphatic rings. The number of rotatable bonds is 3. The maximum Gasteiger partial charge on any atom is 0.269 e. The number of non-ortho nitro benzene ring substituents is 1. The molecule has 6 heteroatoms. The van der Waals surface area contributed by atoms with E-state index in [-0.39, 0.29) is 11.4 Å². The van der Waals surface area contributed by atoms with Gasteiger partial charge in [-0.05, 0) is 24.3 Å². The number of benzene rings is 2. The molecular weight excluding hydrogens is 246 g/mol. The lowest BCUT2D eigenvalue weighted by atomic mass is 10.0. The zero-order valence-corrected chi connectivity index (χ0v) is 9.85. The van der Waals surface area contributed by atoms with E-state index in [1.54, 1.807) is 18.2 Å². The second-order valence-electron chi connectivity index (χ2n) is 3.80. The largest absolute Gasteiger partial charge is 0.507 e. The molecule has 0 heterocycles. The molecule has 0 spiro atoms. The molecule has 6 nitrogen and oxygen atoms in total. The molecule has 3 N–H and O–H groups in total. The minimum absolute atomic E-state index is 0.0163. The normalized spacial score (nSPS) is 11.3. The van der Waals surface area contributed by atoms with Gasteiger partial charge in [0.05, 0.1) is 4.92 Å². The first-order chi connectivity index (χ1) is 9.13. The summed E-state index contributed by atoms with van der Waals surface area (Å²) in [5, 5.41) is 24.0. The summed E-state index contributed by atoms with van der Waals surface area (Å²) < 4.78 is 0. The molecule has 0 fully saturated rings. The summed E-state index contributed by atoms with van der Waals surface area (Å²) in [5.74, 6) is 5.39. The van der Waals surface area contributed by atoms with Crippen LogP contribution in [0.15, 0.2) is 53.6 Å². The number of nitro groups is 1. The number of nitrogens with two attached hydrogens (primary N) is 1. The van der Waals surface area contributed by atoms with Gasteiger partial charge < -0.3 is 10.9 Å². The van der Waals surface area contributed by atoms with E-state index in [4.69, 9.17) is 5.84 Å². The van der Waals surface area contributed by atoms with E-state index in [2.05, 4.69) is 5.10 Å². The lowest BCUT2D eigenvalue weighted by Gasteiger charge is -2.07. The van der Waals surface area contributed by atoms with Crippen molar-refractivity contribution in [3.05, 3.63) is 69.8 Å². The van der Waals surface area contributed by atoms with Crippen molar-refractivity contribution in [2.75, 3.05) is 0 Å². The fourth-order valence-electron chi connectivity index (χ4n) is 1.71. The van der Waals surface area contributed by atoms with Crippen LogP contribution in [-0.4, -0.2) is 15.7 Å². The smallest absolute Gasteiger partial charge is 0.269 e. The van der Waals surface area contributed by atoms with Gasteiger partial charge in [-0.2, -0.15) is 5.10 Å². The molecule has 0 aromatic heterocycles. The van der Waals surface area contributed by atoms with Gasteiger partial charge in [0, 0.05) is 23.3 Å². The lowest BCUT2D eigenvalue weighted by Crippen LogP contribution is -2.06. The number of hydrogen-bond acceptors (Lipinski definition) is 5. The van der Waals surface area contributed by atoms with Crippen LogP contribution in [0, 0.1) is 10.1 Å². The summed E-state index contributed by atoms with van der Waals surface area (Å²) in [6.45, 7) is 0. The van der Waals surface area contributed by atoms with Crippen LogP contribution >= 0.6 is 0 Å². The Bertz CT molecular complexity index is 636. The van der Waals surface area contributed by atoms with E-state index < -0.39 is 4.92 Å². The van der Waals surface area contributed by atoms with Gasteiger partial charge in [0.15, 0.2) is 0 Å². The van der Waals surface area contributed by atoms with Crippen molar-refractivity contribution in [1.29, 1.82) is 0 Å². The van der Waals surface area contributed by atoms with E-state index >= 15 is 0 Å². The summed E-state index contributed by atoms with van der Waals surface area (Å²) >= 11 is 0. The van der Waals surface area contributed by atoms with Gasteiger partial charge >= 0.3 is 0 Å². The zero-order valence-electron chi connectivity index (χ0n) is 9.85. The van der Waals surface area contributed by atoms with Crippen LogP contribution < -0.4 is 5.84 Å². The average molecular weight is 257 g/mol. The maximum atomic E-state index is 10.6. The molecule has 0 bridgehead atoms. The Balaban J connectivity index is 2.44. The third-order valence-corrected chi connectivity index (χ3v) is 2.64. The Hall–Kier alpha value is -2.89. The molecule has 0 saturated heterocycles. The van der Waals surface area contributed by atoms with Crippen LogP contribution in [0.1, 0.15) is 11.1 Å². The first-order valence-electron chi connectivity index (χ1n) is 5.44. The van der Waals surface area contributed by atoms with Crippen molar-refractivity contribution < 1.29 is 10.0 Å². The Morgan fingerprint density at radius 2 is 1.79 bits per heavy atom. The minimum atomic E-state index is -0.483. The molecule has 0 aliphatic carbocycles. The Labute approximate surface area is 109 Å². The van der Waals surface area contributed by atoms with Crippen molar-refractivity contribution in [1.82, 2.24) is 0 Å². The topological polar surface area (TPSA) is 102 Å². The van der Waals surface area contributed by atoms with Crippen molar-refractivity contribution in [2.24, 2.45) is 10.9 Å². The van der Waals surface area contributed by atoms with Crippen LogP contribution in [0.5, 0.6) is 5.75 Å². The number of phenols is 1. The molecule has 0 amide bonds. The van der Waals surface area contributed by atoms with Crippen molar-refractivity contribution in [3.63, 3.8) is 0 Å². The quantitative estimate of drug-likeness (QED) is 0.380. The van der Waals surface area contributed by atoms with Crippen LogP contribution in [-0.2, 0) is 0 Å². The number of aromatic hydroxyl groups is 1. The minimum Gasteiger partial charge on any atom is -0.507 e.